The van der Waals surface area contributed by atoms with Crippen molar-refractivity contribution in [2.24, 2.45) is 5.92 Å². The molecule has 2 atom stereocenters. The molecule has 1 aliphatic rings. The third kappa shape index (κ3) is 4.92. The van der Waals surface area contributed by atoms with E-state index in [-0.39, 0.29) is 11.9 Å². The van der Waals surface area contributed by atoms with Gasteiger partial charge in [0.15, 0.2) is 0 Å². The molecule has 1 aliphatic heterocycles. The molecule has 1 unspecified atom stereocenters. The summed E-state index contributed by atoms with van der Waals surface area (Å²) in [5.74, 6) is 0.564. The number of hydrogen-bond acceptors (Lipinski definition) is 4. The van der Waals surface area contributed by atoms with Gasteiger partial charge in [-0.25, -0.2) is 0 Å². The van der Waals surface area contributed by atoms with E-state index in [0.717, 1.165) is 36.5 Å². The van der Waals surface area contributed by atoms with Crippen LogP contribution in [0.5, 0.6) is 0 Å². The van der Waals surface area contributed by atoms with Gasteiger partial charge in [0.1, 0.15) is 0 Å². The molecule has 0 aliphatic carbocycles. The number of carbonyl (C=O) groups excluding carboxylic acids is 1. The van der Waals surface area contributed by atoms with Crippen LogP contribution in [0.1, 0.15) is 58.7 Å². The van der Waals surface area contributed by atoms with Gasteiger partial charge in [0.05, 0.1) is 5.56 Å². The molecule has 1 N–H and O–H groups in total. The van der Waals surface area contributed by atoms with Crippen molar-refractivity contribution < 1.29 is 4.79 Å². The lowest BCUT2D eigenvalue weighted by Crippen LogP contribution is -2.38. The van der Waals surface area contributed by atoms with Crippen LogP contribution in [0.2, 0.25) is 0 Å². The van der Waals surface area contributed by atoms with Gasteiger partial charge in [0.25, 0.3) is 5.91 Å². The first kappa shape index (κ1) is 19.5. The largest absolute Gasteiger partial charge is 0.355 e. The van der Waals surface area contributed by atoms with Crippen molar-refractivity contribution in [3.63, 3.8) is 0 Å². The predicted octanol–water partition coefficient (Wildman–Crippen LogP) is 3.47. The zero-order valence-electron chi connectivity index (χ0n) is 16.8. The van der Waals surface area contributed by atoms with E-state index in [1.807, 2.05) is 12.3 Å². The molecule has 3 rings (SSSR count). The van der Waals surface area contributed by atoms with Crippen molar-refractivity contribution >= 4 is 5.91 Å². The lowest BCUT2D eigenvalue weighted by Gasteiger charge is -2.37. The fourth-order valence-corrected chi connectivity index (χ4v) is 4.15. The average Bonchev–Trinajstić information content (AvgIpc) is 2.66. The number of nitrogens with zero attached hydrogens (tertiary/aromatic N) is 3. The highest BCUT2D eigenvalue weighted by molar-refractivity contribution is 5.93. The SMILES string of the molecule is CNC(=O)c1cncc(C(C)N2CCC[C@H](Cc3cc(C)nc(C)c3)C2)c1. The van der Waals surface area contributed by atoms with Gasteiger partial charge in [-0.05, 0) is 81.8 Å². The summed E-state index contributed by atoms with van der Waals surface area (Å²) in [6.07, 6.45) is 7.09. The third-order valence-electron chi connectivity index (χ3n) is 5.49. The van der Waals surface area contributed by atoms with Crippen LogP contribution in [-0.4, -0.2) is 40.9 Å². The van der Waals surface area contributed by atoms with Gasteiger partial charge < -0.3 is 5.32 Å². The Bertz CT molecular complexity index is 784. The molecule has 27 heavy (non-hydrogen) atoms. The molecule has 5 heteroatoms. The highest BCUT2D eigenvalue weighted by Crippen LogP contribution is 2.28. The zero-order chi connectivity index (χ0) is 19.4. The minimum atomic E-state index is -0.0866. The molecule has 1 saturated heterocycles. The van der Waals surface area contributed by atoms with E-state index < -0.39 is 0 Å². The fraction of sp³-hybridized carbons (Fsp3) is 0.500. The van der Waals surface area contributed by atoms with E-state index in [0.29, 0.717) is 11.5 Å². The van der Waals surface area contributed by atoms with Crippen molar-refractivity contribution in [1.29, 1.82) is 0 Å². The summed E-state index contributed by atoms with van der Waals surface area (Å²) in [5.41, 5.74) is 5.32. The van der Waals surface area contributed by atoms with Crippen LogP contribution in [-0.2, 0) is 6.42 Å². The van der Waals surface area contributed by atoms with Gasteiger partial charge >= 0.3 is 0 Å². The first-order valence-electron chi connectivity index (χ1n) is 9.81. The maximum absolute atomic E-state index is 11.9. The summed E-state index contributed by atoms with van der Waals surface area (Å²) in [6.45, 7) is 8.52. The Morgan fingerprint density at radius 1 is 1.26 bits per heavy atom. The fourth-order valence-electron chi connectivity index (χ4n) is 4.15. The van der Waals surface area contributed by atoms with E-state index in [1.54, 1.807) is 13.2 Å². The number of hydrogen-bond donors (Lipinski definition) is 1. The normalized spacial score (nSPS) is 18.9. The van der Waals surface area contributed by atoms with E-state index in [9.17, 15) is 4.79 Å². The predicted molar refractivity (Wildman–Crippen MR) is 108 cm³/mol. The smallest absolute Gasteiger partial charge is 0.252 e. The van der Waals surface area contributed by atoms with E-state index in [2.05, 4.69) is 53.1 Å². The highest BCUT2D eigenvalue weighted by Gasteiger charge is 2.25. The molecule has 3 heterocycles. The first-order chi connectivity index (χ1) is 13.0. The van der Waals surface area contributed by atoms with Gasteiger partial charge in [0.2, 0.25) is 0 Å². The molecule has 2 aromatic heterocycles. The average molecular weight is 367 g/mol. The number of carbonyl (C=O) groups is 1. The Hall–Kier alpha value is -2.27. The first-order valence-corrected chi connectivity index (χ1v) is 9.81. The number of piperidine rings is 1. The standard InChI is InChI=1S/C22H30N4O/c1-15-8-19(9-16(2)25-15)10-18-6-5-7-26(14-18)17(3)20-11-21(13-24-12-20)22(27)23-4/h8-9,11-13,17-18H,5-7,10,14H2,1-4H3,(H,23,27)/t17?,18-/m1/s1. The van der Waals surface area contributed by atoms with Crippen molar-refractivity contribution in [1.82, 2.24) is 20.2 Å². The molecule has 5 nitrogen and oxygen atoms in total. The summed E-state index contributed by atoms with van der Waals surface area (Å²) in [4.78, 5) is 23.2. The Kier molecular flexibility index (Phi) is 6.22. The van der Waals surface area contributed by atoms with Crippen molar-refractivity contribution in [3.8, 4) is 0 Å². The Balaban J connectivity index is 1.69. The molecule has 0 aromatic carbocycles. The maximum atomic E-state index is 11.9. The van der Waals surface area contributed by atoms with Crippen molar-refractivity contribution in [2.75, 3.05) is 20.1 Å². The zero-order valence-corrected chi connectivity index (χ0v) is 16.8. The van der Waals surface area contributed by atoms with Crippen molar-refractivity contribution in [3.05, 3.63) is 58.7 Å². The van der Waals surface area contributed by atoms with Gasteiger partial charge in [-0.3, -0.25) is 19.7 Å². The van der Waals surface area contributed by atoms with Gasteiger partial charge in [-0.15, -0.1) is 0 Å². The second-order valence-corrected chi connectivity index (χ2v) is 7.73. The molecule has 2 aromatic rings. The lowest BCUT2D eigenvalue weighted by molar-refractivity contribution is 0.0962. The number of amides is 1. The molecule has 0 radical (unpaired) electrons. The number of likely N-dealkylation sites (tertiary alicyclic amines) is 1. The molecule has 144 valence electrons. The van der Waals surface area contributed by atoms with E-state index >= 15 is 0 Å². The number of aromatic nitrogens is 2. The second-order valence-electron chi connectivity index (χ2n) is 7.73. The van der Waals surface area contributed by atoms with Gasteiger partial charge in [-0.1, -0.05) is 0 Å². The lowest BCUT2D eigenvalue weighted by atomic mass is 9.90. The summed E-state index contributed by atoms with van der Waals surface area (Å²) >= 11 is 0. The molecule has 0 saturated carbocycles. The van der Waals surface area contributed by atoms with Crippen LogP contribution in [0, 0.1) is 19.8 Å². The highest BCUT2D eigenvalue weighted by atomic mass is 16.1. The number of nitrogens with one attached hydrogen (secondary N) is 1. The van der Waals surface area contributed by atoms with Crippen LogP contribution in [0.4, 0.5) is 0 Å². The third-order valence-corrected chi connectivity index (χ3v) is 5.49. The summed E-state index contributed by atoms with van der Waals surface area (Å²) in [7, 11) is 1.65. The van der Waals surface area contributed by atoms with Crippen LogP contribution in [0.25, 0.3) is 0 Å². The quantitative estimate of drug-likeness (QED) is 0.880. The Morgan fingerprint density at radius 3 is 2.70 bits per heavy atom. The molecular weight excluding hydrogens is 336 g/mol. The molecular formula is C22H30N4O. The molecule has 1 amide bonds. The van der Waals surface area contributed by atoms with Gasteiger partial charge in [0, 0.05) is 43.4 Å². The van der Waals surface area contributed by atoms with E-state index in [1.165, 1.54) is 18.4 Å². The van der Waals surface area contributed by atoms with Gasteiger partial charge in [-0.2, -0.15) is 0 Å². The summed E-state index contributed by atoms with van der Waals surface area (Å²) in [5, 5.41) is 2.67. The molecule has 0 bridgehead atoms. The van der Waals surface area contributed by atoms with Crippen molar-refractivity contribution in [2.45, 2.75) is 46.1 Å². The topological polar surface area (TPSA) is 58.1 Å². The van der Waals surface area contributed by atoms with E-state index in [4.69, 9.17) is 0 Å². The van der Waals surface area contributed by atoms with Crippen LogP contribution in [0.3, 0.4) is 0 Å². The van der Waals surface area contributed by atoms with Crippen LogP contribution in [0.15, 0.2) is 30.6 Å². The Morgan fingerprint density at radius 2 is 2.00 bits per heavy atom. The minimum absolute atomic E-state index is 0.0866. The number of pyridine rings is 2. The molecule has 0 spiro atoms. The van der Waals surface area contributed by atoms with Crippen LogP contribution < -0.4 is 5.32 Å². The number of aryl methyl sites for hydroxylation is 2. The number of rotatable bonds is 5. The molecule has 1 fully saturated rings. The Labute approximate surface area is 162 Å². The summed E-state index contributed by atoms with van der Waals surface area (Å²) < 4.78 is 0. The minimum Gasteiger partial charge on any atom is -0.355 e. The summed E-state index contributed by atoms with van der Waals surface area (Å²) in [6, 6.07) is 6.65. The van der Waals surface area contributed by atoms with Crippen LogP contribution >= 0.6 is 0 Å². The second kappa shape index (κ2) is 8.61. The monoisotopic (exact) mass is 366 g/mol. The maximum Gasteiger partial charge on any atom is 0.252 e.